The number of carbonyl (C=O) groups excluding carboxylic acids is 2. The highest BCUT2D eigenvalue weighted by atomic mass is 35.5. The predicted molar refractivity (Wildman–Crippen MR) is 88.8 cm³/mol. The molecule has 5 nitrogen and oxygen atoms in total. The topological polar surface area (TPSA) is 71.1 Å². The Morgan fingerprint density at radius 2 is 2.00 bits per heavy atom. The number of hydrogen-bond acceptors (Lipinski definition) is 3. The van der Waals surface area contributed by atoms with Crippen molar-refractivity contribution in [2.24, 2.45) is 0 Å². The number of aromatic nitrogens is 1. The lowest BCUT2D eigenvalue weighted by atomic mass is 10.1. The maximum Gasteiger partial charge on any atom is 0.270 e. The van der Waals surface area contributed by atoms with Gasteiger partial charge in [-0.25, -0.2) is 8.78 Å². The van der Waals surface area contributed by atoms with Crippen molar-refractivity contribution in [2.45, 2.75) is 24.8 Å². The van der Waals surface area contributed by atoms with Gasteiger partial charge in [-0.3, -0.25) is 14.6 Å². The number of nitrogens with zero attached hydrogens (tertiary/aromatic N) is 1. The van der Waals surface area contributed by atoms with Crippen molar-refractivity contribution in [3.05, 3.63) is 58.9 Å². The molecule has 8 heteroatoms. The number of hydrogen-bond donors (Lipinski definition) is 2. The molecule has 2 aromatic rings. The van der Waals surface area contributed by atoms with Gasteiger partial charge in [0.15, 0.2) is 0 Å². The van der Waals surface area contributed by atoms with Crippen LogP contribution in [0, 0.1) is 0 Å². The molecule has 1 aliphatic rings. The summed E-state index contributed by atoms with van der Waals surface area (Å²) in [6, 6.07) is 8.65. The molecule has 0 saturated heterocycles. The van der Waals surface area contributed by atoms with E-state index in [-0.39, 0.29) is 24.4 Å². The van der Waals surface area contributed by atoms with E-state index < -0.39 is 17.9 Å². The van der Waals surface area contributed by atoms with E-state index in [0.29, 0.717) is 16.3 Å². The van der Waals surface area contributed by atoms with Crippen LogP contribution in [0.15, 0.2) is 42.6 Å². The van der Waals surface area contributed by atoms with Gasteiger partial charge in [0.05, 0.1) is 12.5 Å². The fourth-order valence-corrected chi connectivity index (χ4v) is 2.46. The molecule has 0 spiro atoms. The van der Waals surface area contributed by atoms with Crippen LogP contribution in [0.1, 0.15) is 22.5 Å². The third kappa shape index (κ3) is 4.30. The Labute approximate surface area is 147 Å². The first-order valence-corrected chi connectivity index (χ1v) is 7.91. The van der Waals surface area contributed by atoms with Crippen LogP contribution in [0.2, 0.25) is 5.02 Å². The molecule has 1 fully saturated rings. The summed E-state index contributed by atoms with van der Waals surface area (Å²) < 4.78 is 25.7. The lowest BCUT2D eigenvalue weighted by Crippen LogP contribution is -2.30. The summed E-state index contributed by atoms with van der Waals surface area (Å²) in [4.78, 5) is 27.9. The summed E-state index contributed by atoms with van der Waals surface area (Å²) in [6.45, 7) is 0. The summed E-state index contributed by atoms with van der Waals surface area (Å²) in [6.07, 6.45) is 1.02. The molecular weight excluding hydrogens is 352 g/mol. The Hall–Kier alpha value is -2.54. The maximum absolute atomic E-state index is 12.9. The van der Waals surface area contributed by atoms with Crippen molar-refractivity contribution < 1.29 is 18.4 Å². The fourth-order valence-electron chi connectivity index (χ4n) is 2.25. The molecule has 3 rings (SSSR count). The van der Waals surface area contributed by atoms with Gasteiger partial charge in [0, 0.05) is 23.3 Å². The minimum Gasteiger partial charge on any atom is -0.342 e. The van der Waals surface area contributed by atoms with Crippen LogP contribution in [0.5, 0.6) is 0 Å². The summed E-state index contributed by atoms with van der Waals surface area (Å²) in [5, 5.41) is 5.32. The predicted octanol–water partition coefficient (Wildman–Crippen LogP) is 3.05. The summed E-state index contributed by atoms with van der Waals surface area (Å²) in [5.41, 5.74) is 0.975. The highest BCUT2D eigenvalue weighted by Crippen LogP contribution is 2.41. The number of amides is 2. The van der Waals surface area contributed by atoms with Crippen molar-refractivity contribution in [1.82, 2.24) is 10.3 Å². The lowest BCUT2D eigenvalue weighted by molar-refractivity contribution is -0.115. The van der Waals surface area contributed by atoms with Gasteiger partial charge in [-0.2, -0.15) is 0 Å². The zero-order valence-corrected chi connectivity index (χ0v) is 13.7. The standard InChI is InChI=1S/C17H14ClF2N3O2/c18-12-4-2-1-3-10(12)7-15(24)22-11-5-6-21-13(8-11)16(25)23-14-9-17(14,19)20/h1-6,8,14H,7,9H2,(H,23,25)(H,21,22,24). The highest BCUT2D eigenvalue weighted by Gasteiger charge is 2.57. The second kappa shape index (κ2) is 6.76. The maximum atomic E-state index is 12.9. The van der Waals surface area contributed by atoms with E-state index in [1.807, 2.05) is 0 Å². The van der Waals surface area contributed by atoms with Gasteiger partial charge in [0.2, 0.25) is 5.91 Å². The molecular formula is C17H14ClF2N3O2. The van der Waals surface area contributed by atoms with Crippen LogP contribution in [0.4, 0.5) is 14.5 Å². The van der Waals surface area contributed by atoms with Gasteiger partial charge in [-0.15, -0.1) is 0 Å². The minimum atomic E-state index is -2.85. The first-order valence-electron chi connectivity index (χ1n) is 7.53. The number of carbonyl (C=O) groups is 2. The van der Waals surface area contributed by atoms with Gasteiger partial charge >= 0.3 is 0 Å². The van der Waals surface area contributed by atoms with Crippen LogP contribution in [0.25, 0.3) is 0 Å². The molecule has 25 heavy (non-hydrogen) atoms. The van der Waals surface area contributed by atoms with Crippen molar-refractivity contribution >= 4 is 29.1 Å². The number of anilines is 1. The second-order valence-electron chi connectivity index (χ2n) is 5.74. The molecule has 1 unspecified atom stereocenters. The molecule has 0 aliphatic heterocycles. The summed E-state index contributed by atoms with van der Waals surface area (Å²) in [5.74, 6) is -3.88. The zero-order valence-electron chi connectivity index (χ0n) is 12.9. The number of alkyl halides is 2. The first kappa shape index (κ1) is 17.3. The van der Waals surface area contributed by atoms with Gasteiger partial charge in [0.25, 0.3) is 11.8 Å². The largest absolute Gasteiger partial charge is 0.342 e. The van der Waals surface area contributed by atoms with E-state index in [1.165, 1.54) is 18.3 Å². The van der Waals surface area contributed by atoms with Gasteiger partial charge in [0.1, 0.15) is 5.69 Å². The van der Waals surface area contributed by atoms with Crippen molar-refractivity contribution in [2.75, 3.05) is 5.32 Å². The van der Waals surface area contributed by atoms with E-state index in [9.17, 15) is 18.4 Å². The smallest absolute Gasteiger partial charge is 0.270 e. The number of halogens is 3. The molecule has 130 valence electrons. The minimum absolute atomic E-state index is 0.0433. The highest BCUT2D eigenvalue weighted by molar-refractivity contribution is 6.31. The Morgan fingerprint density at radius 3 is 2.68 bits per heavy atom. The average molecular weight is 366 g/mol. The molecule has 2 amide bonds. The zero-order chi connectivity index (χ0) is 18.0. The second-order valence-corrected chi connectivity index (χ2v) is 6.14. The Kier molecular flexibility index (Phi) is 4.67. The number of nitrogens with one attached hydrogen (secondary N) is 2. The van der Waals surface area contributed by atoms with Crippen LogP contribution in [-0.4, -0.2) is 28.8 Å². The number of rotatable bonds is 5. The third-order valence-corrected chi connectivity index (χ3v) is 4.09. The van der Waals surface area contributed by atoms with Crippen molar-refractivity contribution in [1.29, 1.82) is 0 Å². The van der Waals surface area contributed by atoms with Crippen LogP contribution in [-0.2, 0) is 11.2 Å². The Bertz CT molecular complexity index is 829. The molecule has 0 bridgehead atoms. The number of pyridine rings is 1. The van der Waals surface area contributed by atoms with Gasteiger partial charge < -0.3 is 10.6 Å². The third-order valence-electron chi connectivity index (χ3n) is 3.72. The lowest BCUT2D eigenvalue weighted by Gasteiger charge is -2.08. The van der Waals surface area contributed by atoms with Gasteiger partial charge in [-0.05, 0) is 23.8 Å². The summed E-state index contributed by atoms with van der Waals surface area (Å²) >= 11 is 6.01. The molecule has 1 aromatic heterocycles. The molecule has 1 aromatic carbocycles. The molecule has 2 N–H and O–H groups in total. The Morgan fingerprint density at radius 1 is 1.28 bits per heavy atom. The van der Waals surface area contributed by atoms with E-state index >= 15 is 0 Å². The average Bonchev–Trinajstić information content (AvgIpc) is 3.16. The monoisotopic (exact) mass is 365 g/mol. The van der Waals surface area contributed by atoms with Crippen molar-refractivity contribution in [3.8, 4) is 0 Å². The van der Waals surface area contributed by atoms with Crippen LogP contribution in [0.3, 0.4) is 0 Å². The van der Waals surface area contributed by atoms with E-state index in [4.69, 9.17) is 11.6 Å². The normalized spacial score (nSPS) is 17.6. The fraction of sp³-hybridized carbons (Fsp3) is 0.235. The van der Waals surface area contributed by atoms with E-state index in [1.54, 1.807) is 24.3 Å². The number of benzene rings is 1. The van der Waals surface area contributed by atoms with E-state index in [2.05, 4.69) is 15.6 Å². The molecule has 1 saturated carbocycles. The van der Waals surface area contributed by atoms with Crippen molar-refractivity contribution in [3.63, 3.8) is 0 Å². The molecule has 0 radical (unpaired) electrons. The van der Waals surface area contributed by atoms with Gasteiger partial charge in [-0.1, -0.05) is 29.8 Å². The first-order chi connectivity index (χ1) is 11.8. The molecule has 1 atom stereocenters. The van der Waals surface area contributed by atoms with E-state index in [0.717, 1.165) is 0 Å². The quantitative estimate of drug-likeness (QED) is 0.855. The molecule has 1 aliphatic carbocycles. The summed E-state index contributed by atoms with van der Waals surface area (Å²) in [7, 11) is 0. The SMILES string of the molecule is O=C(Cc1ccccc1Cl)Nc1ccnc(C(=O)NC2CC2(F)F)c1. The van der Waals surface area contributed by atoms with Crippen LogP contribution >= 0.6 is 11.6 Å². The molecule has 1 heterocycles. The Balaban J connectivity index is 1.62. The van der Waals surface area contributed by atoms with Crippen LogP contribution < -0.4 is 10.6 Å².